The predicted molar refractivity (Wildman–Crippen MR) is 146 cm³/mol. The summed E-state index contributed by atoms with van der Waals surface area (Å²) < 4.78 is 20.2. The van der Waals surface area contributed by atoms with Crippen molar-refractivity contribution in [2.45, 2.75) is 13.0 Å². The van der Waals surface area contributed by atoms with Gasteiger partial charge in [0.25, 0.3) is 11.7 Å². The first kappa shape index (κ1) is 27.0. The van der Waals surface area contributed by atoms with Gasteiger partial charge in [0.1, 0.15) is 12.4 Å². The lowest BCUT2D eigenvalue weighted by Gasteiger charge is -2.26. The Kier molecular flexibility index (Phi) is 8.43. The van der Waals surface area contributed by atoms with Crippen molar-refractivity contribution >= 4 is 34.2 Å². The molecular formula is C29H29FN7O3+. The van der Waals surface area contributed by atoms with Gasteiger partial charge in [0, 0.05) is 48.8 Å². The Labute approximate surface area is 230 Å². The minimum atomic E-state index is -0.694. The highest BCUT2D eigenvalue weighted by molar-refractivity contribution is 5.95. The van der Waals surface area contributed by atoms with Crippen LogP contribution in [-0.4, -0.2) is 59.5 Å². The van der Waals surface area contributed by atoms with E-state index in [0.29, 0.717) is 55.6 Å². The summed E-state index contributed by atoms with van der Waals surface area (Å²) in [4.78, 5) is 35.5. The zero-order chi connectivity index (χ0) is 27.9. The van der Waals surface area contributed by atoms with Crippen LogP contribution in [0.4, 0.5) is 15.9 Å². The van der Waals surface area contributed by atoms with Gasteiger partial charge in [0.15, 0.2) is 5.69 Å². The van der Waals surface area contributed by atoms with Gasteiger partial charge in [-0.05, 0) is 42.5 Å². The molecule has 4 aromatic rings. The van der Waals surface area contributed by atoms with E-state index in [2.05, 4.69) is 26.5 Å². The minimum absolute atomic E-state index is 0.0708. The fourth-order valence-electron chi connectivity index (χ4n) is 4.55. The number of carbonyl (C=O) groups excluding carboxylic acids is 2. The Bertz CT molecular complexity index is 1560. The molecule has 0 radical (unpaired) electrons. The molecule has 4 N–H and O–H groups in total. The Morgan fingerprint density at radius 3 is 2.75 bits per heavy atom. The van der Waals surface area contributed by atoms with Crippen LogP contribution in [0.15, 0.2) is 72.0 Å². The van der Waals surface area contributed by atoms with Gasteiger partial charge in [-0.3, -0.25) is 19.9 Å². The van der Waals surface area contributed by atoms with Crippen LogP contribution in [0, 0.1) is 11.3 Å². The highest BCUT2D eigenvalue weighted by Crippen LogP contribution is 2.26. The molecule has 0 unspecified atom stereocenters. The number of carbonyl (C=O) groups is 2. The van der Waals surface area contributed by atoms with E-state index in [0.717, 1.165) is 16.5 Å². The highest BCUT2D eigenvalue weighted by atomic mass is 19.1. The summed E-state index contributed by atoms with van der Waals surface area (Å²) in [6, 6.07) is 17.5. The third-order valence-corrected chi connectivity index (χ3v) is 6.72. The molecular weight excluding hydrogens is 513 g/mol. The Morgan fingerprint density at radius 2 is 1.95 bits per heavy atom. The van der Waals surface area contributed by atoms with Crippen LogP contribution >= 0.6 is 0 Å². The molecule has 3 heterocycles. The topological polar surface area (TPSA) is 137 Å². The monoisotopic (exact) mass is 542 g/mol. The van der Waals surface area contributed by atoms with Crippen LogP contribution in [0.25, 0.3) is 22.2 Å². The maximum absolute atomic E-state index is 15.0. The Morgan fingerprint density at radius 1 is 1.10 bits per heavy atom. The number of rotatable bonds is 9. The van der Waals surface area contributed by atoms with Crippen molar-refractivity contribution < 1.29 is 24.0 Å². The first-order valence-electron chi connectivity index (χ1n) is 13.0. The molecule has 0 atom stereocenters. The second-order valence-electron chi connectivity index (χ2n) is 9.35. The maximum Gasteiger partial charge on any atom is 0.254 e. The number of nitrogens with one attached hydrogen (secondary N) is 2. The van der Waals surface area contributed by atoms with Crippen molar-refractivity contribution in [2.75, 3.05) is 32.8 Å². The number of aromatic nitrogens is 2. The third-order valence-electron chi connectivity index (χ3n) is 6.72. The van der Waals surface area contributed by atoms with Crippen LogP contribution in [0.3, 0.4) is 0 Å². The zero-order valence-electron chi connectivity index (χ0n) is 21.8. The average molecular weight is 543 g/mol. The first-order valence-corrected chi connectivity index (χ1v) is 13.0. The second kappa shape index (κ2) is 12.5. The van der Waals surface area contributed by atoms with E-state index in [1.54, 1.807) is 29.3 Å². The molecule has 1 aliphatic heterocycles. The molecule has 2 aromatic heterocycles. The number of amides is 2. The van der Waals surface area contributed by atoms with Crippen molar-refractivity contribution in [2.24, 2.45) is 5.11 Å². The lowest BCUT2D eigenvalue weighted by molar-refractivity contribution is -0.591. The minimum Gasteiger partial charge on any atom is -0.378 e. The number of hydrogen-bond acceptors (Lipinski definition) is 7. The summed E-state index contributed by atoms with van der Waals surface area (Å²) in [6.07, 6.45) is 1.89. The fourth-order valence-corrected chi connectivity index (χ4v) is 4.55. The largest absolute Gasteiger partial charge is 0.378 e. The Hall–Kier alpha value is -4.61. The number of nitrogens with zero attached hydrogens (tertiary/aromatic N) is 4. The van der Waals surface area contributed by atoms with E-state index < -0.39 is 11.7 Å². The van der Waals surface area contributed by atoms with Crippen molar-refractivity contribution in [1.29, 1.82) is 5.53 Å². The van der Waals surface area contributed by atoms with Crippen LogP contribution in [0.2, 0.25) is 0 Å². The molecule has 5 rings (SSSR count). The summed E-state index contributed by atoms with van der Waals surface area (Å²) in [5, 5.41) is 9.11. The molecule has 0 saturated carbocycles. The van der Waals surface area contributed by atoms with Gasteiger partial charge in [0.2, 0.25) is 5.91 Å². The van der Waals surface area contributed by atoms with Crippen molar-refractivity contribution in [3.8, 4) is 11.3 Å². The molecule has 204 valence electrons. The van der Waals surface area contributed by atoms with E-state index >= 15 is 0 Å². The number of pyridine rings is 2. The van der Waals surface area contributed by atoms with E-state index in [1.807, 2.05) is 29.6 Å². The lowest BCUT2D eigenvalue weighted by Crippen LogP contribution is -2.76. The summed E-state index contributed by atoms with van der Waals surface area (Å²) in [6.45, 7) is 2.76. The maximum atomic E-state index is 15.0. The number of nitrogens with two attached hydrogens (primary N) is 1. The SMILES string of the molecule is N=Nc1ccc(-c2ccc(C(=O)NCCC(=O)N3CCOCC3)c(F)c2)nc1[NH2+]Cc1ccc2ncccc2c1. The van der Waals surface area contributed by atoms with Gasteiger partial charge in [-0.15, -0.1) is 0 Å². The second-order valence-corrected chi connectivity index (χ2v) is 9.35. The van der Waals surface area contributed by atoms with E-state index in [9.17, 15) is 14.0 Å². The summed E-state index contributed by atoms with van der Waals surface area (Å²) >= 11 is 0. The van der Waals surface area contributed by atoms with Crippen LogP contribution in [0.5, 0.6) is 0 Å². The van der Waals surface area contributed by atoms with E-state index in [-0.39, 0.29) is 24.4 Å². The lowest BCUT2D eigenvalue weighted by atomic mass is 10.1. The number of benzene rings is 2. The van der Waals surface area contributed by atoms with Crippen molar-refractivity contribution in [3.63, 3.8) is 0 Å². The summed E-state index contributed by atoms with van der Waals surface area (Å²) in [5.74, 6) is -0.847. The zero-order valence-corrected chi connectivity index (χ0v) is 21.8. The highest BCUT2D eigenvalue weighted by Gasteiger charge is 2.18. The van der Waals surface area contributed by atoms with Gasteiger partial charge in [-0.25, -0.2) is 9.92 Å². The van der Waals surface area contributed by atoms with E-state index in [1.165, 1.54) is 12.1 Å². The molecule has 1 aliphatic rings. The number of ether oxygens (including phenoxy) is 1. The van der Waals surface area contributed by atoms with E-state index in [4.69, 9.17) is 10.3 Å². The average Bonchev–Trinajstić information content (AvgIpc) is 3.00. The molecule has 1 fully saturated rings. The number of morpholine rings is 1. The number of quaternary nitrogens is 1. The normalized spacial score (nSPS) is 13.3. The third kappa shape index (κ3) is 6.33. The molecule has 40 heavy (non-hydrogen) atoms. The van der Waals surface area contributed by atoms with Gasteiger partial charge < -0.3 is 15.0 Å². The summed E-state index contributed by atoms with van der Waals surface area (Å²) in [7, 11) is 0. The molecule has 2 aromatic carbocycles. The van der Waals surface area contributed by atoms with Gasteiger partial charge >= 0.3 is 0 Å². The molecule has 11 heteroatoms. The smallest absolute Gasteiger partial charge is 0.254 e. The molecule has 0 spiro atoms. The summed E-state index contributed by atoms with van der Waals surface area (Å²) in [5.41, 5.74) is 10.7. The predicted octanol–water partition coefficient (Wildman–Crippen LogP) is 3.47. The number of hydrogen-bond donors (Lipinski definition) is 3. The molecule has 0 bridgehead atoms. The number of fused-ring (bicyclic) bond motifs is 1. The van der Waals surface area contributed by atoms with Crippen LogP contribution in [-0.2, 0) is 16.1 Å². The van der Waals surface area contributed by atoms with Crippen LogP contribution < -0.4 is 10.6 Å². The molecule has 2 amide bonds. The molecule has 0 aliphatic carbocycles. The van der Waals surface area contributed by atoms with Crippen molar-refractivity contribution in [1.82, 2.24) is 20.2 Å². The first-order chi connectivity index (χ1) is 19.5. The standard InChI is InChI=1S/C29H28FN7O3/c30-23-17-21(4-5-22(23)29(39)33-11-9-27(38)37-12-14-40-15-13-37)25-7-8-26(36-31)28(35-25)34-18-19-3-6-24-20(16-19)2-1-10-32-24/h1-8,10,16-17,31H,9,11-15,18H2,(H,33,39)(H,34,35)/p+1. The van der Waals surface area contributed by atoms with Gasteiger partial charge in [0.05, 0.1) is 30.0 Å². The van der Waals surface area contributed by atoms with Crippen molar-refractivity contribution in [3.05, 3.63) is 83.8 Å². The van der Waals surface area contributed by atoms with Crippen LogP contribution in [0.1, 0.15) is 22.3 Å². The Balaban J connectivity index is 1.24. The molecule has 10 nitrogen and oxygen atoms in total. The fraction of sp³-hybridized carbons (Fsp3) is 0.241. The molecule has 1 saturated heterocycles. The van der Waals surface area contributed by atoms with Gasteiger partial charge in [-0.2, -0.15) is 10.1 Å². The number of halogens is 1. The quantitative estimate of drug-likeness (QED) is 0.278. The van der Waals surface area contributed by atoms with Gasteiger partial charge in [-0.1, -0.05) is 18.2 Å².